The second-order valence-corrected chi connectivity index (χ2v) is 8.84. The molecule has 0 bridgehead atoms. The van der Waals surface area contributed by atoms with Gasteiger partial charge >= 0.3 is 0 Å². The summed E-state index contributed by atoms with van der Waals surface area (Å²) in [7, 11) is 1.54. The van der Waals surface area contributed by atoms with E-state index in [1.54, 1.807) is 55.3 Å². The lowest BCUT2D eigenvalue weighted by Crippen LogP contribution is -2.66. The number of hydrogen-bond donors (Lipinski definition) is 1. The Balaban J connectivity index is 1.87. The number of amides is 2. The van der Waals surface area contributed by atoms with Gasteiger partial charge in [0.15, 0.2) is 5.76 Å². The molecule has 1 aromatic carbocycles. The van der Waals surface area contributed by atoms with Gasteiger partial charge in [-0.25, -0.2) is 0 Å². The van der Waals surface area contributed by atoms with Crippen LogP contribution in [0.15, 0.2) is 53.1 Å². The maximum Gasteiger partial charge on any atom is 0.277 e. The summed E-state index contributed by atoms with van der Waals surface area (Å²) < 4.78 is 12.5. The van der Waals surface area contributed by atoms with Crippen LogP contribution in [0, 0.1) is 0 Å². The third kappa shape index (κ3) is 3.58. The highest BCUT2D eigenvalue weighted by Gasteiger charge is 2.50. The van der Waals surface area contributed by atoms with Gasteiger partial charge in [0.1, 0.15) is 22.7 Å². The topological polar surface area (TPSA) is 89.6 Å². The Bertz CT molecular complexity index is 1130. The Morgan fingerprint density at radius 2 is 1.97 bits per heavy atom. The number of nitrogens with one attached hydrogen (secondary N) is 1. The molecule has 2 aromatic heterocycles. The summed E-state index contributed by atoms with van der Waals surface area (Å²) in [6.07, 6.45) is 1.55. The van der Waals surface area contributed by atoms with E-state index in [0.29, 0.717) is 28.6 Å². The first-order valence-electron chi connectivity index (χ1n) is 10.1. The summed E-state index contributed by atoms with van der Waals surface area (Å²) in [5.41, 5.74) is -0.279. The van der Waals surface area contributed by atoms with Crippen molar-refractivity contribution in [2.24, 2.45) is 0 Å². The lowest BCUT2D eigenvalue weighted by molar-refractivity contribution is -0.128. The van der Waals surface area contributed by atoms with Crippen molar-refractivity contribution in [2.45, 2.75) is 45.3 Å². The summed E-state index contributed by atoms with van der Waals surface area (Å²) in [6, 6.07) is 12.4. The van der Waals surface area contributed by atoms with Crippen LogP contribution in [0.5, 0.6) is 5.75 Å². The molecule has 3 heterocycles. The van der Waals surface area contributed by atoms with E-state index in [9.17, 15) is 9.59 Å². The maximum absolute atomic E-state index is 13.8. The molecule has 1 N–H and O–H groups in total. The van der Waals surface area contributed by atoms with Gasteiger partial charge in [0.2, 0.25) is 5.91 Å². The molecule has 0 fully saturated rings. The van der Waals surface area contributed by atoms with E-state index in [0.717, 1.165) is 0 Å². The summed E-state index contributed by atoms with van der Waals surface area (Å²) in [4.78, 5) is 28.8. The molecule has 1 aliphatic heterocycles. The Morgan fingerprint density at radius 3 is 2.61 bits per heavy atom. The van der Waals surface area contributed by atoms with Crippen molar-refractivity contribution in [1.82, 2.24) is 15.1 Å². The molecule has 4 rings (SSSR count). The van der Waals surface area contributed by atoms with Crippen molar-refractivity contribution in [3.05, 3.63) is 54.4 Å². The van der Waals surface area contributed by atoms with Crippen LogP contribution >= 0.6 is 0 Å². The predicted octanol–water partition coefficient (Wildman–Crippen LogP) is 3.49. The quantitative estimate of drug-likeness (QED) is 0.695. The number of benzene rings is 1. The van der Waals surface area contributed by atoms with Gasteiger partial charge in [-0.05, 0) is 52.0 Å². The standard InChI is InChI=1S/C23H26N4O4/c1-22(2,3)24-21(29)23(4)14-26-17(13-15(25-26)18-11-8-12-31-18)20(28)27(23)16-9-6-7-10-19(16)30-5/h6-13H,14H2,1-5H3,(H,24,29). The molecule has 3 aromatic rings. The van der Waals surface area contributed by atoms with Gasteiger partial charge < -0.3 is 14.5 Å². The van der Waals surface area contributed by atoms with Crippen molar-refractivity contribution in [3.63, 3.8) is 0 Å². The Labute approximate surface area is 180 Å². The monoisotopic (exact) mass is 422 g/mol. The molecule has 1 unspecified atom stereocenters. The van der Waals surface area contributed by atoms with Crippen molar-refractivity contribution in [1.29, 1.82) is 0 Å². The Kier molecular flexibility index (Phi) is 4.88. The maximum atomic E-state index is 13.8. The minimum absolute atomic E-state index is 0.175. The Hall–Kier alpha value is -3.55. The molecular formula is C23H26N4O4. The number of anilines is 1. The zero-order chi connectivity index (χ0) is 22.4. The zero-order valence-electron chi connectivity index (χ0n) is 18.3. The molecule has 1 atom stereocenters. The number of para-hydroxylation sites is 2. The molecule has 2 amide bonds. The summed E-state index contributed by atoms with van der Waals surface area (Å²) in [5.74, 6) is 0.441. The van der Waals surface area contributed by atoms with E-state index in [2.05, 4.69) is 10.4 Å². The van der Waals surface area contributed by atoms with Crippen LogP contribution in [0.4, 0.5) is 5.69 Å². The molecule has 162 valence electrons. The van der Waals surface area contributed by atoms with Crippen LogP contribution in [0.1, 0.15) is 38.2 Å². The lowest BCUT2D eigenvalue weighted by Gasteiger charge is -2.44. The molecule has 0 saturated carbocycles. The molecule has 8 nitrogen and oxygen atoms in total. The third-order valence-electron chi connectivity index (χ3n) is 5.23. The predicted molar refractivity (Wildman–Crippen MR) is 116 cm³/mol. The summed E-state index contributed by atoms with van der Waals surface area (Å²) in [6.45, 7) is 7.63. The zero-order valence-corrected chi connectivity index (χ0v) is 18.3. The number of carbonyl (C=O) groups excluding carboxylic acids is 2. The first-order chi connectivity index (χ1) is 14.6. The van der Waals surface area contributed by atoms with Gasteiger partial charge in [0.25, 0.3) is 5.91 Å². The molecule has 0 radical (unpaired) electrons. The number of rotatable bonds is 4. The van der Waals surface area contributed by atoms with Crippen LogP contribution < -0.4 is 15.0 Å². The number of furan rings is 1. The van der Waals surface area contributed by atoms with Gasteiger partial charge in [-0.15, -0.1) is 0 Å². The van der Waals surface area contributed by atoms with E-state index in [1.807, 2.05) is 32.9 Å². The minimum Gasteiger partial charge on any atom is -0.495 e. The van der Waals surface area contributed by atoms with E-state index in [-0.39, 0.29) is 18.4 Å². The van der Waals surface area contributed by atoms with Gasteiger partial charge in [-0.3, -0.25) is 19.2 Å². The SMILES string of the molecule is COc1ccccc1N1C(=O)c2cc(-c3ccco3)nn2CC1(C)C(=O)NC(C)(C)C. The highest BCUT2D eigenvalue weighted by atomic mass is 16.5. The van der Waals surface area contributed by atoms with Gasteiger partial charge in [-0.2, -0.15) is 5.10 Å². The fourth-order valence-corrected chi connectivity index (χ4v) is 3.79. The number of fused-ring (bicyclic) bond motifs is 1. The minimum atomic E-state index is -1.24. The molecule has 0 spiro atoms. The fraction of sp³-hybridized carbons (Fsp3) is 0.348. The van der Waals surface area contributed by atoms with Crippen LogP contribution in [0.25, 0.3) is 11.5 Å². The van der Waals surface area contributed by atoms with E-state index >= 15 is 0 Å². The van der Waals surface area contributed by atoms with Crippen LogP contribution in [-0.2, 0) is 11.3 Å². The van der Waals surface area contributed by atoms with Gasteiger partial charge in [-0.1, -0.05) is 12.1 Å². The van der Waals surface area contributed by atoms with Crippen LogP contribution in [0.3, 0.4) is 0 Å². The van der Waals surface area contributed by atoms with Crippen molar-refractivity contribution in [3.8, 4) is 17.2 Å². The van der Waals surface area contributed by atoms with E-state index in [4.69, 9.17) is 9.15 Å². The first-order valence-corrected chi connectivity index (χ1v) is 10.1. The number of hydrogen-bond acceptors (Lipinski definition) is 5. The molecule has 8 heteroatoms. The lowest BCUT2D eigenvalue weighted by atomic mass is 9.92. The largest absolute Gasteiger partial charge is 0.495 e. The number of carbonyl (C=O) groups is 2. The van der Waals surface area contributed by atoms with Gasteiger partial charge in [0.05, 0.1) is 25.6 Å². The smallest absolute Gasteiger partial charge is 0.277 e. The van der Waals surface area contributed by atoms with Crippen molar-refractivity contribution in [2.75, 3.05) is 12.0 Å². The normalized spacial score (nSPS) is 18.6. The van der Waals surface area contributed by atoms with Crippen molar-refractivity contribution >= 4 is 17.5 Å². The average Bonchev–Trinajstić information content (AvgIpc) is 3.36. The van der Waals surface area contributed by atoms with Crippen molar-refractivity contribution < 1.29 is 18.7 Å². The highest BCUT2D eigenvalue weighted by Crippen LogP contribution is 2.38. The number of ether oxygens (including phenoxy) is 1. The second-order valence-electron chi connectivity index (χ2n) is 8.84. The second kappa shape index (κ2) is 7.30. The molecule has 31 heavy (non-hydrogen) atoms. The van der Waals surface area contributed by atoms with Crippen LogP contribution in [0.2, 0.25) is 0 Å². The third-order valence-corrected chi connectivity index (χ3v) is 5.23. The van der Waals surface area contributed by atoms with E-state index in [1.165, 1.54) is 4.90 Å². The summed E-state index contributed by atoms with van der Waals surface area (Å²) in [5, 5.41) is 7.57. The number of nitrogens with zero attached hydrogens (tertiary/aromatic N) is 3. The molecule has 0 aliphatic carbocycles. The fourth-order valence-electron chi connectivity index (χ4n) is 3.79. The number of aromatic nitrogens is 2. The summed E-state index contributed by atoms with van der Waals surface area (Å²) >= 11 is 0. The highest BCUT2D eigenvalue weighted by molar-refractivity contribution is 6.12. The molecule has 0 saturated heterocycles. The average molecular weight is 422 g/mol. The molecular weight excluding hydrogens is 396 g/mol. The molecule has 1 aliphatic rings. The number of methoxy groups -OCH3 is 1. The van der Waals surface area contributed by atoms with E-state index < -0.39 is 11.1 Å². The van der Waals surface area contributed by atoms with Crippen LogP contribution in [-0.4, -0.2) is 39.8 Å². The van der Waals surface area contributed by atoms with Gasteiger partial charge in [0, 0.05) is 11.6 Å². The first kappa shape index (κ1) is 20.7. The Morgan fingerprint density at radius 1 is 1.23 bits per heavy atom.